The number of benzene rings is 2. The van der Waals surface area contributed by atoms with Crippen molar-refractivity contribution in [1.29, 1.82) is 0 Å². The first-order valence-corrected chi connectivity index (χ1v) is 7.88. The van der Waals surface area contributed by atoms with Crippen LogP contribution in [0.25, 0.3) is 16.7 Å². The summed E-state index contributed by atoms with van der Waals surface area (Å²) in [5.41, 5.74) is 0.882. The summed E-state index contributed by atoms with van der Waals surface area (Å²) in [6.45, 7) is 0. The van der Waals surface area contributed by atoms with E-state index in [4.69, 9.17) is 23.2 Å². The van der Waals surface area contributed by atoms with Crippen molar-refractivity contribution >= 4 is 56.8 Å². The van der Waals surface area contributed by atoms with Crippen molar-refractivity contribution in [3.8, 4) is 5.69 Å². The maximum absolute atomic E-state index is 14.2. The van der Waals surface area contributed by atoms with E-state index in [0.717, 1.165) is 9.64 Å². The van der Waals surface area contributed by atoms with Gasteiger partial charge < -0.3 is 0 Å². The van der Waals surface area contributed by atoms with Crippen LogP contribution in [0.3, 0.4) is 0 Å². The molecular formula is C14H7Cl2F2IN2. The third-order valence-electron chi connectivity index (χ3n) is 3.05. The van der Waals surface area contributed by atoms with Gasteiger partial charge in [-0.05, 0) is 52.9 Å². The highest BCUT2D eigenvalue weighted by Gasteiger charge is 2.19. The van der Waals surface area contributed by atoms with Crippen molar-refractivity contribution in [3.63, 3.8) is 0 Å². The number of hydrogen-bond acceptors (Lipinski definition) is 1. The number of rotatable bonds is 2. The first-order chi connectivity index (χ1) is 10.0. The molecule has 0 atom stereocenters. The molecule has 2 aromatic carbocycles. The van der Waals surface area contributed by atoms with Crippen LogP contribution in [0.2, 0.25) is 5.02 Å². The maximum atomic E-state index is 14.2. The van der Waals surface area contributed by atoms with E-state index >= 15 is 0 Å². The van der Waals surface area contributed by atoms with Gasteiger partial charge in [-0.15, -0.1) is 11.6 Å². The average Bonchev–Trinajstić information content (AvgIpc) is 2.82. The molecule has 3 aromatic rings. The van der Waals surface area contributed by atoms with Crippen LogP contribution in [0.5, 0.6) is 0 Å². The van der Waals surface area contributed by atoms with E-state index in [2.05, 4.69) is 27.6 Å². The van der Waals surface area contributed by atoms with Crippen LogP contribution in [0.4, 0.5) is 8.78 Å². The quantitative estimate of drug-likeness (QED) is 0.392. The third kappa shape index (κ3) is 2.51. The Balaban J connectivity index is 2.42. The molecule has 0 N–H and O–H groups in total. The molecule has 0 spiro atoms. The van der Waals surface area contributed by atoms with Gasteiger partial charge >= 0.3 is 0 Å². The van der Waals surface area contributed by atoms with Gasteiger partial charge in [-0.25, -0.2) is 13.8 Å². The summed E-state index contributed by atoms with van der Waals surface area (Å²) in [5.74, 6) is -1.45. The van der Waals surface area contributed by atoms with E-state index in [1.165, 1.54) is 10.6 Å². The highest BCUT2D eigenvalue weighted by Crippen LogP contribution is 2.30. The van der Waals surface area contributed by atoms with Crippen LogP contribution in [0.15, 0.2) is 30.3 Å². The molecule has 7 heteroatoms. The van der Waals surface area contributed by atoms with Gasteiger partial charge in [0.15, 0.2) is 11.6 Å². The first kappa shape index (κ1) is 15.0. The van der Waals surface area contributed by atoms with Gasteiger partial charge in [0, 0.05) is 3.57 Å². The second-order valence-corrected chi connectivity index (χ2v) is 6.24. The number of alkyl halides is 1. The summed E-state index contributed by atoms with van der Waals surface area (Å²) in [5, 5.41) is 0.413. The monoisotopic (exact) mass is 438 g/mol. The van der Waals surface area contributed by atoms with E-state index in [9.17, 15) is 8.78 Å². The number of imidazole rings is 1. The molecule has 0 aliphatic rings. The summed E-state index contributed by atoms with van der Waals surface area (Å²) in [6.07, 6.45) is 0. The predicted molar refractivity (Wildman–Crippen MR) is 88.3 cm³/mol. The highest BCUT2D eigenvalue weighted by molar-refractivity contribution is 14.1. The molecule has 2 nitrogen and oxygen atoms in total. The molecule has 0 saturated carbocycles. The molecule has 0 amide bonds. The molecule has 0 fully saturated rings. The van der Waals surface area contributed by atoms with Gasteiger partial charge in [0.2, 0.25) is 0 Å². The average molecular weight is 439 g/mol. The topological polar surface area (TPSA) is 17.8 Å². The smallest absolute Gasteiger partial charge is 0.185 e. The Bertz CT molecular complexity index is 849. The lowest BCUT2D eigenvalue weighted by Crippen LogP contribution is -2.02. The summed E-state index contributed by atoms with van der Waals surface area (Å²) in [4.78, 5) is 4.24. The molecule has 0 aliphatic carbocycles. The Morgan fingerprint density at radius 3 is 2.62 bits per heavy atom. The number of nitrogens with zero attached hydrogens (tertiary/aromatic N) is 2. The van der Waals surface area contributed by atoms with Gasteiger partial charge in [-0.3, -0.25) is 4.57 Å². The number of halogens is 5. The van der Waals surface area contributed by atoms with Crippen LogP contribution >= 0.6 is 45.8 Å². The zero-order valence-corrected chi connectivity index (χ0v) is 14.0. The molecule has 0 radical (unpaired) electrons. The number of hydrogen-bond donors (Lipinski definition) is 0. The Hall–Kier alpha value is -0.920. The lowest BCUT2D eigenvalue weighted by Gasteiger charge is -2.10. The zero-order valence-electron chi connectivity index (χ0n) is 10.4. The van der Waals surface area contributed by atoms with Crippen molar-refractivity contribution in [2.45, 2.75) is 5.88 Å². The normalized spacial score (nSPS) is 11.3. The predicted octanol–water partition coefficient (Wildman–Crippen LogP) is 5.30. The second kappa shape index (κ2) is 5.70. The van der Waals surface area contributed by atoms with Crippen LogP contribution in [-0.4, -0.2) is 9.55 Å². The molecular weight excluding hydrogens is 432 g/mol. The fourth-order valence-corrected chi connectivity index (χ4v) is 3.28. The van der Waals surface area contributed by atoms with E-state index in [1.54, 1.807) is 12.1 Å². The van der Waals surface area contributed by atoms with Crippen LogP contribution < -0.4 is 0 Å². The minimum absolute atomic E-state index is 0.0359. The summed E-state index contributed by atoms with van der Waals surface area (Å²) in [6, 6.07) is 7.75. The van der Waals surface area contributed by atoms with Crippen LogP contribution in [0, 0.1) is 15.2 Å². The van der Waals surface area contributed by atoms with Crippen molar-refractivity contribution in [3.05, 3.63) is 56.4 Å². The Labute approximate surface area is 142 Å². The van der Waals surface area contributed by atoms with Gasteiger partial charge in [-0.2, -0.15) is 0 Å². The van der Waals surface area contributed by atoms with Crippen molar-refractivity contribution < 1.29 is 8.78 Å². The molecule has 1 aromatic heterocycles. The summed E-state index contributed by atoms with van der Waals surface area (Å²) < 4.78 is 30.1. The molecule has 1 heterocycles. The van der Waals surface area contributed by atoms with Crippen molar-refractivity contribution in [2.75, 3.05) is 0 Å². The van der Waals surface area contributed by atoms with E-state index in [1.807, 2.05) is 6.07 Å². The second-order valence-electron chi connectivity index (χ2n) is 4.32. The minimum Gasteiger partial charge on any atom is -0.291 e. The van der Waals surface area contributed by atoms with E-state index in [0.29, 0.717) is 22.1 Å². The molecule has 21 heavy (non-hydrogen) atoms. The SMILES string of the molecule is Fc1ccc2nc(CCl)n(-c3ccc(I)cc3Cl)c2c1F. The minimum atomic E-state index is -0.967. The standard InChI is InChI=1S/C14H7Cl2F2IN2/c15-6-12-20-10-3-2-9(17)13(18)14(10)21(12)11-4-1-7(19)5-8(11)16/h1-5H,6H2. The van der Waals surface area contributed by atoms with Crippen LogP contribution in [-0.2, 0) is 5.88 Å². The Kier molecular flexibility index (Phi) is 4.07. The Morgan fingerprint density at radius 2 is 1.95 bits per heavy atom. The lowest BCUT2D eigenvalue weighted by atomic mass is 10.2. The molecule has 0 unspecified atom stereocenters. The van der Waals surface area contributed by atoms with E-state index in [-0.39, 0.29) is 11.4 Å². The molecule has 108 valence electrons. The largest absolute Gasteiger partial charge is 0.291 e. The molecule has 0 aliphatic heterocycles. The van der Waals surface area contributed by atoms with Gasteiger partial charge in [0.05, 0.1) is 22.1 Å². The molecule has 3 rings (SSSR count). The summed E-state index contributed by atoms with van der Waals surface area (Å²) >= 11 is 14.2. The lowest BCUT2D eigenvalue weighted by molar-refractivity contribution is 0.514. The number of fused-ring (bicyclic) bond motifs is 1. The molecule has 0 bridgehead atoms. The van der Waals surface area contributed by atoms with Crippen molar-refractivity contribution in [2.24, 2.45) is 0 Å². The zero-order chi connectivity index (χ0) is 15.1. The van der Waals surface area contributed by atoms with Gasteiger partial charge in [-0.1, -0.05) is 11.6 Å². The summed E-state index contributed by atoms with van der Waals surface area (Å²) in [7, 11) is 0. The first-order valence-electron chi connectivity index (χ1n) is 5.89. The van der Waals surface area contributed by atoms with Gasteiger partial charge in [0.25, 0.3) is 0 Å². The van der Waals surface area contributed by atoms with Gasteiger partial charge in [0.1, 0.15) is 11.3 Å². The van der Waals surface area contributed by atoms with Crippen molar-refractivity contribution in [1.82, 2.24) is 9.55 Å². The Morgan fingerprint density at radius 1 is 1.19 bits per heavy atom. The third-order valence-corrected chi connectivity index (χ3v) is 4.26. The maximum Gasteiger partial charge on any atom is 0.185 e. The van der Waals surface area contributed by atoms with Crippen LogP contribution in [0.1, 0.15) is 5.82 Å². The van der Waals surface area contributed by atoms with E-state index < -0.39 is 11.6 Å². The molecule has 0 saturated heterocycles. The fraction of sp³-hybridized carbons (Fsp3) is 0.0714. The highest BCUT2D eigenvalue weighted by atomic mass is 127. The number of aromatic nitrogens is 2. The fourth-order valence-electron chi connectivity index (χ4n) is 2.16.